The van der Waals surface area contributed by atoms with E-state index in [1.807, 2.05) is 30.3 Å². The van der Waals surface area contributed by atoms with Gasteiger partial charge in [-0.15, -0.1) is 11.8 Å². The lowest BCUT2D eigenvalue weighted by Crippen LogP contribution is -2.64. The van der Waals surface area contributed by atoms with Crippen LogP contribution in [0, 0.1) is 0 Å². The SMILES string of the molecule is CC(=O)O[C@@H]1[C@H](OCc2ccccc2)[C@H]2CS[C@@H]1[C@H](OC1CCCCC1)O2. The van der Waals surface area contributed by atoms with Crippen LogP contribution in [0.25, 0.3) is 0 Å². The van der Waals surface area contributed by atoms with Gasteiger partial charge in [-0.1, -0.05) is 49.6 Å². The monoisotopic (exact) mass is 392 g/mol. The molecular formula is C21H28O5S. The van der Waals surface area contributed by atoms with Crippen LogP contribution < -0.4 is 0 Å². The quantitative estimate of drug-likeness (QED) is 0.688. The molecule has 4 fully saturated rings. The van der Waals surface area contributed by atoms with Crippen molar-refractivity contribution in [2.75, 3.05) is 5.75 Å². The number of rotatable bonds is 6. The molecule has 0 unspecified atom stereocenters. The van der Waals surface area contributed by atoms with Crippen molar-refractivity contribution in [3.05, 3.63) is 35.9 Å². The van der Waals surface area contributed by atoms with E-state index in [4.69, 9.17) is 18.9 Å². The first kappa shape index (κ1) is 19.2. The highest BCUT2D eigenvalue weighted by Crippen LogP contribution is 2.42. The van der Waals surface area contributed by atoms with Gasteiger partial charge in [-0.05, 0) is 18.4 Å². The zero-order valence-corrected chi connectivity index (χ0v) is 16.6. The molecule has 4 aliphatic rings. The summed E-state index contributed by atoms with van der Waals surface area (Å²) in [4.78, 5) is 11.7. The van der Waals surface area contributed by atoms with Crippen molar-refractivity contribution >= 4 is 17.7 Å². The summed E-state index contributed by atoms with van der Waals surface area (Å²) in [7, 11) is 0. The summed E-state index contributed by atoms with van der Waals surface area (Å²) in [5.41, 5.74) is 1.10. The predicted molar refractivity (Wildman–Crippen MR) is 103 cm³/mol. The zero-order chi connectivity index (χ0) is 18.6. The molecule has 0 amide bonds. The second-order valence-corrected chi connectivity index (χ2v) is 8.78. The first-order chi connectivity index (χ1) is 13.2. The Balaban J connectivity index is 1.43. The van der Waals surface area contributed by atoms with Crippen molar-refractivity contribution in [1.29, 1.82) is 0 Å². The number of carbonyl (C=O) groups is 1. The topological polar surface area (TPSA) is 54.0 Å². The first-order valence-corrected chi connectivity index (χ1v) is 11.0. The maximum atomic E-state index is 11.7. The van der Waals surface area contributed by atoms with Crippen LogP contribution in [0.5, 0.6) is 0 Å². The summed E-state index contributed by atoms with van der Waals surface area (Å²) in [5.74, 6) is 0.560. The van der Waals surface area contributed by atoms with Crippen LogP contribution in [-0.4, -0.2) is 47.7 Å². The van der Waals surface area contributed by atoms with Crippen LogP contribution in [0.1, 0.15) is 44.6 Å². The summed E-state index contributed by atoms with van der Waals surface area (Å²) >= 11 is 1.78. The van der Waals surface area contributed by atoms with E-state index in [9.17, 15) is 4.79 Å². The van der Waals surface area contributed by atoms with Gasteiger partial charge in [0.25, 0.3) is 0 Å². The van der Waals surface area contributed by atoms with E-state index in [0.29, 0.717) is 6.61 Å². The van der Waals surface area contributed by atoms with Crippen LogP contribution in [0.15, 0.2) is 30.3 Å². The molecule has 5 atom stereocenters. The molecule has 1 aliphatic carbocycles. The fraction of sp³-hybridized carbons (Fsp3) is 0.667. The Labute approximate surface area is 165 Å². The molecule has 0 radical (unpaired) electrons. The molecule has 2 bridgehead atoms. The van der Waals surface area contributed by atoms with Gasteiger partial charge < -0.3 is 18.9 Å². The smallest absolute Gasteiger partial charge is 0.303 e. The molecule has 0 N–H and O–H groups in total. The number of carbonyl (C=O) groups excluding carboxylic acids is 1. The van der Waals surface area contributed by atoms with E-state index in [-0.39, 0.29) is 41.9 Å². The van der Waals surface area contributed by atoms with E-state index in [0.717, 1.165) is 24.2 Å². The van der Waals surface area contributed by atoms with Gasteiger partial charge in [0.2, 0.25) is 0 Å². The molecule has 3 aliphatic heterocycles. The number of ether oxygens (including phenoxy) is 4. The minimum Gasteiger partial charge on any atom is -0.458 e. The highest BCUT2D eigenvalue weighted by Gasteiger charge is 2.54. The molecule has 27 heavy (non-hydrogen) atoms. The first-order valence-electron chi connectivity index (χ1n) is 9.96. The minimum atomic E-state index is -0.336. The molecule has 3 saturated heterocycles. The number of esters is 1. The zero-order valence-electron chi connectivity index (χ0n) is 15.8. The molecule has 0 spiro atoms. The molecule has 1 saturated carbocycles. The number of fused-ring (bicyclic) bond motifs is 3. The Morgan fingerprint density at radius 3 is 2.67 bits per heavy atom. The van der Waals surface area contributed by atoms with Gasteiger partial charge in [-0.25, -0.2) is 0 Å². The molecule has 6 heteroatoms. The third-order valence-corrected chi connectivity index (χ3v) is 6.91. The molecular weight excluding hydrogens is 364 g/mol. The minimum absolute atomic E-state index is 0.0402. The molecule has 5 nitrogen and oxygen atoms in total. The lowest BCUT2D eigenvalue weighted by Gasteiger charge is -2.50. The Morgan fingerprint density at radius 1 is 1.15 bits per heavy atom. The molecule has 0 aromatic heterocycles. The van der Waals surface area contributed by atoms with Crippen LogP contribution in [-0.2, 0) is 30.3 Å². The van der Waals surface area contributed by atoms with Crippen LogP contribution in [0.3, 0.4) is 0 Å². The van der Waals surface area contributed by atoms with E-state index < -0.39 is 0 Å². The van der Waals surface area contributed by atoms with Gasteiger partial charge >= 0.3 is 5.97 Å². The third-order valence-electron chi connectivity index (χ3n) is 5.51. The fourth-order valence-electron chi connectivity index (χ4n) is 4.19. The van der Waals surface area contributed by atoms with E-state index in [1.54, 1.807) is 11.8 Å². The summed E-state index contributed by atoms with van der Waals surface area (Å²) in [5, 5.41) is -0.0402. The maximum absolute atomic E-state index is 11.7. The van der Waals surface area contributed by atoms with Gasteiger partial charge in [0.1, 0.15) is 12.2 Å². The van der Waals surface area contributed by atoms with Crippen molar-refractivity contribution in [3.63, 3.8) is 0 Å². The van der Waals surface area contributed by atoms with Crippen LogP contribution in [0.2, 0.25) is 0 Å². The highest BCUT2D eigenvalue weighted by atomic mass is 32.2. The molecule has 5 rings (SSSR count). The number of hydrogen-bond donors (Lipinski definition) is 0. The van der Waals surface area contributed by atoms with Gasteiger partial charge in [0.05, 0.1) is 24.1 Å². The van der Waals surface area contributed by atoms with Gasteiger partial charge in [0.15, 0.2) is 6.29 Å². The third kappa shape index (κ3) is 4.67. The Morgan fingerprint density at radius 2 is 1.93 bits per heavy atom. The van der Waals surface area contributed by atoms with E-state index in [2.05, 4.69) is 0 Å². The highest BCUT2D eigenvalue weighted by molar-refractivity contribution is 8.00. The van der Waals surface area contributed by atoms with Crippen molar-refractivity contribution in [2.24, 2.45) is 0 Å². The predicted octanol–water partition coefficient (Wildman–Crippen LogP) is 3.69. The summed E-state index contributed by atoms with van der Waals surface area (Å²) < 4.78 is 24.4. The van der Waals surface area contributed by atoms with Crippen molar-refractivity contribution in [3.8, 4) is 0 Å². The number of hydrogen-bond acceptors (Lipinski definition) is 6. The summed E-state index contributed by atoms with van der Waals surface area (Å²) in [6, 6.07) is 10.0. The van der Waals surface area contributed by atoms with Crippen molar-refractivity contribution < 1.29 is 23.7 Å². The van der Waals surface area contributed by atoms with E-state index in [1.165, 1.54) is 26.2 Å². The van der Waals surface area contributed by atoms with Gasteiger partial charge in [0, 0.05) is 12.7 Å². The normalized spacial score (nSPS) is 33.7. The van der Waals surface area contributed by atoms with Gasteiger partial charge in [-0.3, -0.25) is 4.79 Å². The Kier molecular flexibility index (Phi) is 6.38. The second-order valence-electron chi connectivity index (χ2n) is 7.57. The van der Waals surface area contributed by atoms with Crippen molar-refractivity contribution in [1.82, 2.24) is 0 Å². The lowest BCUT2D eigenvalue weighted by molar-refractivity contribution is -0.273. The number of benzene rings is 1. The van der Waals surface area contributed by atoms with Crippen LogP contribution >= 0.6 is 11.8 Å². The molecule has 1 aromatic carbocycles. The largest absolute Gasteiger partial charge is 0.458 e. The second kappa shape index (κ2) is 8.95. The van der Waals surface area contributed by atoms with Crippen LogP contribution in [0.4, 0.5) is 0 Å². The average molecular weight is 393 g/mol. The van der Waals surface area contributed by atoms with E-state index >= 15 is 0 Å². The van der Waals surface area contributed by atoms with Gasteiger partial charge in [-0.2, -0.15) is 0 Å². The molecule has 1 aromatic rings. The summed E-state index contributed by atoms with van der Waals surface area (Å²) in [6.07, 6.45) is 5.12. The number of thioether (sulfide) groups is 1. The standard InChI is InChI=1S/C21H28O5S/c1-14(22)24-19-18(23-12-15-8-4-2-5-9-15)17-13-27-20(19)21(26-17)25-16-10-6-3-7-11-16/h2,4-5,8-9,16-21H,3,6-7,10-13H2,1H3/t17-,18-,19-,20+,21-/m1/s1. The molecule has 3 heterocycles. The maximum Gasteiger partial charge on any atom is 0.303 e. The Hall–Kier alpha value is -1.08. The Bertz CT molecular complexity index is 618. The molecule has 148 valence electrons. The average Bonchev–Trinajstić information content (AvgIpc) is 2.69. The lowest BCUT2D eigenvalue weighted by atomic mass is 9.97. The summed E-state index contributed by atoms with van der Waals surface area (Å²) in [6.45, 7) is 1.94. The van der Waals surface area contributed by atoms with Crippen molar-refractivity contribution in [2.45, 2.75) is 81.6 Å². The fourth-order valence-corrected chi connectivity index (χ4v) is 5.55.